The molecule has 0 spiro atoms. The van der Waals surface area contributed by atoms with E-state index >= 15 is 0 Å². The lowest BCUT2D eigenvalue weighted by Crippen LogP contribution is -2.99. The van der Waals surface area contributed by atoms with Crippen LogP contribution in [0.1, 0.15) is 5.56 Å². The molecule has 3 rings (SSSR count). The summed E-state index contributed by atoms with van der Waals surface area (Å²) in [5.41, 5.74) is 0.630. The molecular weight excluding hydrogens is 334 g/mol. The molecule has 8 heteroatoms. The van der Waals surface area contributed by atoms with Crippen molar-refractivity contribution in [1.82, 2.24) is 0 Å². The van der Waals surface area contributed by atoms with Crippen LogP contribution in [0.2, 0.25) is 0 Å². The highest BCUT2D eigenvalue weighted by Crippen LogP contribution is 2.34. The van der Waals surface area contributed by atoms with E-state index in [1.54, 1.807) is 36.4 Å². The summed E-state index contributed by atoms with van der Waals surface area (Å²) in [5, 5.41) is 19.0. The molecule has 2 aromatic rings. The average molecular weight is 349 g/mol. The number of quaternary nitrogens is 1. The molecule has 0 amide bonds. The number of ether oxygens (including phenoxy) is 2. The molecule has 2 aromatic carbocycles. The van der Waals surface area contributed by atoms with Gasteiger partial charge >= 0.3 is 0 Å². The predicted molar refractivity (Wildman–Crippen MR) is 85.2 cm³/mol. The first kappa shape index (κ1) is 16.5. The normalized spacial score (nSPS) is 15.3. The van der Waals surface area contributed by atoms with E-state index in [1.807, 2.05) is 0 Å². The van der Waals surface area contributed by atoms with E-state index in [0.29, 0.717) is 17.1 Å². The zero-order valence-electron chi connectivity index (χ0n) is 12.5. The number of fused-ring (bicyclic) bond motifs is 1. The van der Waals surface area contributed by atoms with E-state index in [9.17, 15) is 13.6 Å². The lowest BCUT2D eigenvalue weighted by atomic mass is 10.1. The summed E-state index contributed by atoms with van der Waals surface area (Å²) in [4.78, 5) is 0.141. The van der Waals surface area contributed by atoms with Crippen molar-refractivity contribution in [2.24, 2.45) is 0 Å². The number of nitrogens with one attached hydrogen (secondary N) is 1. The van der Waals surface area contributed by atoms with Crippen molar-refractivity contribution in [3.63, 3.8) is 0 Å². The van der Waals surface area contributed by atoms with E-state index < -0.39 is 20.8 Å². The van der Waals surface area contributed by atoms with Crippen LogP contribution in [-0.4, -0.2) is 26.2 Å². The number of sulfone groups is 1. The van der Waals surface area contributed by atoms with Crippen molar-refractivity contribution >= 4 is 15.4 Å². The van der Waals surface area contributed by atoms with Gasteiger partial charge in [0.2, 0.25) is 6.79 Å². The van der Waals surface area contributed by atoms with E-state index in [2.05, 4.69) is 0 Å². The zero-order chi connectivity index (χ0) is 17.2. The highest BCUT2D eigenvalue weighted by molar-refractivity contribution is 7.91. The first-order chi connectivity index (χ1) is 11.5. The molecule has 0 radical (unpaired) electrons. The fourth-order valence-electron chi connectivity index (χ4n) is 2.37. The molecular formula is C16H15NO6S. The van der Waals surface area contributed by atoms with Gasteiger partial charge in [-0.25, -0.2) is 18.9 Å². The summed E-state index contributed by atoms with van der Waals surface area (Å²) in [6.07, 6.45) is 0.901. The smallest absolute Gasteiger partial charge is 0.231 e. The molecule has 1 aliphatic heterocycles. The Hall–Kier alpha value is -2.39. The third kappa shape index (κ3) is 3.57. The predicted octanol–water partition coefficient (Wildman–Crippen LogP) is 1.00. The van der Waals surface area contributed by atoms with Crippen LogP contribution < -0.4 is 14.7 Å². The molecule has 0 saturated heterocycles. The van der Waals surface area contributed by atoms with Gasteiger partial charge in [0, 0.05) is 5.57 Å². The Kier molecular flexibility index (Phi) is 4.54. The van der Waals surface area contributed by atoms with Crippen LogP contribution in [0.3, 0.4) is 0 Å². The minimum Gasteiger partial charge on any atom is -0.595 e. The first-order valence-corrected chi connectivity index (χ1v) is 8.72. The van der Waals surface area contributed by atoms with Crippen LogP contribution >= 0.6 is 0 Å². The lowest BCUT2D eigenvalue weighted by Gasteiger charge is -2.12. The largest absolute Gasteiger partial charge is 0.595 e. The molecule has 126 valence electrons. The minimum atomic E-state index is -3.67. The Morgan fingerprint density at radius 3 is 2.58 bits per heavy atom. The van der Waals surface area contributed by atoms with Gasteiger partial charge in [0.15, 0.2) is 21.3 Å². The maximum absolute atomic E-state index is 12.5. The molecule has 1 aliphatic rings. The molecule has 0 bridgehead atoms. The van der Waals surface area contributed by atoms with E-state index in [-0.39, 0.29) is 17.3 Å². The second kappa shape index (κ2) is 6.62. The molecule has 0 aliphatic carbocycles. The third-order valence-electron chi connectivity index (χ3n) is 3.49. The number of benzene rings is 2. The Bertz CT molecular complexity index is 861. The second-order valence-electron chi connectivity index (χ2n) is 5.15. The van der Waals surface area contributed by atoms with Crippen molar-refractivity contribution in [2.75, 3.05) is 12.5 Å². The highest BCUT2D eigenvalue weighted by atomic mass is 32.2. The van der Waals surface area contributed by atoms with Gasteiger partial charge in [-0.2, -0.15) is 0 Å². The van der Waals surface area contributed by atoms with Gasteiger partial charge in [0.25, 0.3) is 0 Å². The van der Waals surface area contributed by atoms with Crippen molar-refractivity contribution in [3.05, 3.63) is 65.5 Å². The van der Waals surface area contributed by atoms with Gasteiger partial charge in [0.1, 0.15) is 6.20 Å². The van der Waals surface area contributed by atoms with Crippen LogP contribution in [0.4, 0.5) is 0 Å². The van der Waals surface area contributed by atoms with Crippen LogP contribution in [0.5, 0.6) is 11.5 Å². The first-order valence-electron chi connectivity index (χ1n) is 7.07. The Balaban J connectivity index is 1.96. The highest BCUT2D eigenvalue weighted by Gasteiger charge is 2.21. The number of hydroxylamine groups is 2. The summed E-state index contributed by atoms with van der Waals surface area (Å²) >= 11 is 0. The molecule has 0 fully saturated rings. The van der Waals surface area contributed by atoms with Crippen molar-refractivity contribution in [1.29, 1.82) is 0 Å². The van der Waals surface area contributed by atoms with Gasteiger partial charge in [-0.15, -0.1) is 0 Å². The van der Waals surface area contributed by atoms with Gasteiger partial charge in [-0.3, -0.25) is 0 Å². The van der Waals surface area contributed by atoms with Gasteiger partial charge < -0.3 is 14.7 Å². The molecule has 0 aromatic heterocycles. The fraction of sp³-hybridized carbons (Fsp3) is 0.125. The van der Waals surface area contributed by atoms with Gasteiger partial charge in [0.05, 0.1) is 10.6 Å². The second-order valence-corrected chi connectivity index (χ2v) is 7.14. The molecule has 2 N–H and O–H groups in total. The van der Waals surface area contributed by atoms with Crippen molar-refractivity contribution in [3.8, 4) is 11.5 Å². The molecule has 1 atom stereocenters. The third-order valence-corrected chi connectivity index (χ3v) is 5.17. The monoisotopic (exact) mass is 349 g/mol. The van der Waals surface area contributed by atoms with Crippen molar-refractivity contribution < 1.29 is 28.3 Å². The Labute approximate surface area is 138 Å². The van der Waals surface area contributed by atoms with Crippen LogP contribution in [0.25, 0.3) is 5.57 Å². The quantitative estimate of drug-likeness (QED) is 0.781. The molecule has 1 heterocycles. The number of hydrogen-bond donors (Lipinski definition) is 2. The molecule has 24 heavy (non-hydrogen) atoms. The van der Waals surface area contributed by atoms with E-state index in [0.717, 1.165) is 6.20 Å². The van der Waals surface area contributed by atoms with Crippen molar-refractivity contribution in [2.45, 2.75) is 4.90 Å². The Morgan fingerprint density at radius 1 is 1.17 bits per heavy atom. The topological polar surface area (TPSA) is 100 Å². The summed E-state index contributed by atoms with van der Waals surface area (Å²) in [6.45, 7) is 0.0824. The lowest BCUT2D eigenvalue weighted by molar-refractivity contribution is -1.00. The summed E-state index contributed by atoms with van der Waals surface area (Å²) in [6, 6.07) is 12.7. The van der Waals surface area contributed by atoms with Crippen LogP contribution in [0, 0.1) is 5.21 Å². The molecule has 1 unspecified atom stereocenters. The number of hydrogen-bond acceptors (Lipinski definition) is 6. The number of rotatable bonds is 5. The van der Waals surface area contributed by atoms with E-state index in [4.69, 9.17) is 14.7 Å². The van der Waals surface area contributed by atoms with Gasteiger partial charge in [-0.05, 0) is 29.8 Å². The average Bonchev–Trinajstić information content (AvgIpc) is 3.02. The molecule has 7 nitrogen and oxygen atoms in total. The SMILES string of the molecule is O=S(=O)(C/C(=C\[NH+]([O-])O)c1ccc2c(c1)OCO2)c1ccccc1. The van der Waals surface area contributed by atoms with Crippen LogP contribution in [-0.2, 0) is 9.84 Å². The summed E-state index contributed by atoms with van der Waals surface area (Å²) < 4.78 is 35.6. The summed E-state index contributed by atoms with van der Waals surface area (Å²) in [7, 11) is -3.67. The fourth-order valence-corrected chi connectivity index (χ4v) is 3.77. The molecule has 0 saturated carbocycles. The van der Waals surface area contributed by atoms with Crippen LogP contribution in [0.15, 0.2) is 59.6 Å². The zero-order valence-corrected chi connectivity index (χ0v) is 13.3. The standard InChI is InChI=1S/C16H15NO6S/c18-17(19)9-13(10-24(20,21)14-4-2-1-3-5-14)12-6-7-15-16(8-12)23-11-22-15/h1-9,17-18H,10-11H2/b13-9+. The van der Waals surface area contributed by atoms with Gasteiger partial charge in [-0.1, -0.05) is 24.3 Å². The Morgan fingerprint density at radius 2 is 1.88 bits per heavy atom. The minimum absolute atomic E-state index is 0.0824. The maximum atomic E-state index is 12.5. The van der Waals surface area contributed by atoms with E-state index in [1.165, 1.54) is 12.1 Å². The maximum Gasteiger partial charge on any atom is 0.231 e. The summed E-state index contributed by atoms with van der Waals surface area (Å²) in [5.74, 6) is 0.573.